The number of nitrogens with one attached hydrogen (secondary N) is 1. The molecule has 0 radical (unpaired) electrons. The van der Waals surface area contributed by atoms with Crippen molar-refractivity contribution in [3.05, 3.63) is 0 Å². The summed E-state index contributed by atoms with van der Waals surface area (Å²) in [5.74, 6) is 0.816. The van der Waals surface area contributed by atoms with Crippen LogP contribution in [0.1, 0.15) is 53.4 Å². The zero-order valence-electron chi connectivity index (χ0n) is 11.6. The lowest BCUT2D eigenvalue weighted by Crippen LogP contribution is -2.42. The first-order valence-corrected chi connectivity index (χ1v) is 7.11. The summed E-state index contributed by atoms with van der Waals surface area (Å²) in [6.07, 6.45) is 5.26. The molecule has 2 atom stereocenters. The Labute approximate surface area is 102 Å². The molecule has 0 aromatic heterocycles. The Kier molecular flexibility index (Phi) is 6.37. The Hall–Kier alpha value is -0.0800. The van der Waals surface area contributed by atoms with E-state index in [1.54, 1.807) is 0 Å². The highest BCUT2D eigenvalue weighted by atomic mass is 15.2. The third-order valence-corrected chi connectivity index (χ3v) is 3.58. The van der Waals surface area contributed by atoms with Crippen molar-refractivity contribution in [1.29, 1.82) is 0 Å². The van der Waals surface area contributed by atoms with E-state index in [1.807, 2.05) is 0 Å². The first-order chi connectivity index (χ1) is 7.63. The topological polar surface area (TPSA) is 15.3 Å². The second-order valence-corrected chi connectivity index (χ2v) is 5.77. The molecule has 1 N–H and O–H groups in total. The number of rotatable bonds is 5. The summed E-state index contributed by atoms with van der Waals surface area (Å²) in [6, 6.07) is 1.47. The largest absolute Gasteiger partial charge is 0.313 e. The van der Waals surface area contributed by atoms with Crippen molar-refractivity contribution in [2.45, 2.75) is 65.5 Å². The maximum absolute atomic E-state index is 3.68. The lowest BCUT2D eigenvalue weighted by molar-refractivity contribution is 0.181. The van der Waals surface area contributed by atoms with E-state index in [9.17, 15) is 0 Å². The monoisotopic (exact) mass is 226 g/mol. The minimum atomic E-state index is 0.724. The first-order valence-electron chi connectivity index (χ1n) is 7.11. The van der Waals surface area contributed by atoms with Gasteiger partial charge in [-0.05, 0) is 45.2 Å². The van der Waals surface area contributed by atoms with Crippen LogP contribution in [0.25, 0.3) is 0 Å². The standard InChI is InChI=1S/C14H30N2/c1-5-7-14-11-16(9-6-8-15-14)13(4)10-12(2)3/h12-15H,5-11H2,1-4H3. The van der Waals surface area contributed by atoms with Crippen LogP contribution in [0.3, 0.4) is 0 Å². The molecule has 16 heavy (non-hydrogen) atoms. The van der Waals surface area contributed by atoms with E-state index in [1.165, 1.54) is 45.3 Å². The summed E-state index contributed by atoms with van der Waals surface area (Å²) in [5, 5.41) is 3.68. The molecule has 1 heterocycles. The molecule has 2 nitrogen and oxygen atoms in total. The predicted octanol–water partition coefficient (Wildman–Crippen LogP) is 2.89. The van der Waals surface area contributed by atoms with Crippen LogP contribution >= 0.6 is 0 Å². The maximum Gasteiger partial charge on any atom is 0.0195 e. The van der Waals surface area contributed by atoms with E-state index < -0.39 is 0 Å². The van der Waals surface area contributed by atoms with Gasteiger partial charge in [-0.25, -0.2) is 0 Å². The van der Waals surface area contributed by atoms with Gasteiger partial charge in [0.05, 0.1) is 0 Å². The maximum atomic E-state index is 3.68. The Morgan fingerprint density at radius 1 is 1.31 bits per heavy atom. The van der Waals surface area contributed by atoms with Crippen LogP contribution in [-0.4, -0.2) is 36.6 Å². The molecule has 1 aliphatic heterocycles. The molecule has 0 aromatic rings. The van der Waals surface area contributed by atoms with Crippen LogP contribution in [-0.2, 0) is 0 Å². The van der Waals surface area contributed by atoms with Crippen LogP contribution in [0.2, 0.25) is 0 Å². The van der Waals surface area contributed by atoms with Crippen molar-refractivity contribution in [1.82, 2.24) is 10.2 Å². The Morgan fingerprint density at radius 2 is 2.06 bits per heavy atom. The van der Waals surface area contributed by atoms with Crippen LogP contribution in [0, 0.1) is 5.92 Å². The number of hydrogen-bond acceptors (Lipinski definition) is 2. The fourth-order valence-electron chi connectivity index (χ4n) is 2.80. The van der Waals surface area contributed by atoms with Gasteiger partial charge < -0.3 is 5.32 Å². The lowest BCUT2D eigenvalue weighted by Gasteiger charge is -2.31. The molecule has 1 fully saturated rings. The minimum Gasteiger partial charge on any atom is -0.313 e. The van der Waals surface area contributed by atoms with E-state index in [0.29, 0.717) is 0 Å². The molecule has 1 aliphatic rings. The highest BCUT2D eigenvalue weighted by Crippen LogP contribution is 2.14. The van der Waals surface area contributed by atoms with E-state index in [2.05, 4.69) is 37.9 Å². The fourth-order valence-corrected chi connectivity index (χ4v) is 2.80. The van der Waals surface area contributed by atoms with Gasteiger partial charge in [0.25, 0.3) is 0 Å². The van der Waals surface area contributed by atoms with E-state index >= 15 is 0 Å². The molecule has 96 valence electrons. The molecule has 0 bridgehead atoms. The van der Waals surface area contributed by atoms with Gasteiger partial charge in [0.1, 0.15) is 0 Å². The lowest BCUT2D eigenvalue weighted by atomic mass is 10.0. The smallest absolute Gasteiger partial charge is 0.0195 e. The van der Waals surface area contributed by atoms with Gasteiger partial charge in [-0.3, -0.25) is 4.90 Å². The predicted molar refractivity (Wildman–Crippen MR) is 71.8 cm³/mol. The Balaban J connectivity index is 2.43. The number of hydrogen-bond donors (Lipinski definition) is 1. The van der Waals surface area contributed by atoms with Crippen LogP contribution in [0.15, 0.2) is 0 Å². The molecule has 1 saturated heterocycles. The molecular formula is C14H30N2. The van der Waals surface area contributed by atoms with Gasteiger partial charge >= 0.3 is 0 Å². The average Bonchev–Trinajstić information content (AvgIpc) is 2.43. The Morgan fingerprint density at radius 3 is 2.69 bits per heavy atom. The molecule has 0 saturated carbocycles. The summed E-state index contributed by atoms with van der Waals surface area (Å²) in [6.45, 7) is 13.1. The third-order valence-electron chi connectivity index (χ3n) is 3.58. The molecule has 2 unspecified atom stereocenters. The van der Waals surface area contributed by atoms with Crippen molar-refractivity contribution in [2.75, 3.05) is 19.6 Å². The molecule has 1 rings (SSSR count). The van der Waals surface area contributed by atoms with Gasteiger partial charge in [-0.1, -0.05) is 27.2 Å². The second kappa shape index (κ2) is 7.29. The zero-order chi connectivity index (χ0) is 12.0. The van der Waals surface area contributed by atoms with Crippen molar-refractivity contribution >= 4 is 0 Å². The summed E-state index contributed by atoms with van der Waals surface area (Å²) in [7, 11) is 0. The quantitative estimate of drug-likeness (QED) is 0.775. The van der Waals surface area contributed by atoms with Crippen LogP contribution in [0.4, 0.5) is 0 Å². The van der Waals surface area contributed by atoms with E-state index in [0.717, 1.165) is 18.0 Å². The number of nitrogens with zero attached hydrogens (tertiary/aromatic N) is 1. The fraction of sp³-hybridized carbons (Fsp3) is 1.00. The van der Waals surface area contributed by atoms with Gasteiger partial charge in [-0.15, -0.1) is 0 Å². The van der Waals surface area contributed by atoms with Gasteiger partial charge in [-0.2, -0.15) is 0 Å². The third kappa shape index (κ3) is 4.84. The normalized spacial score (nSPS) is 25.7. The van der Waals surface area contributed by atoms with Crippen LogP contribution in [0.5, 0.6) is 0 Å². The Bertz CT molecular complexity index is 180. The van der Waals surface area contributed by atoms with Crippen LogP contribution < -0.4 is 5.32 Å². The highest BCUT2D eigenvalue weighted by Gasteiger charge is 2.21. The van der Waals surface area contributed by atoms with E-state index in [-0.39, 0.29) is 0 Å². The molecule has 0 aromatic carbocycles. The highest BCUT2D eigenvalue weighted by molar-refractivity contribution is 4.79. The SMILES string of the molecule is CCCC1CN(C(C)CC(C)C)CCCN1. The average molecular weight is 226 g/mol. The summed E-state index contributed by atoms with van der Waals surface area (Å²) < 4.78 is 0. The molecular weight excluding hydrogens is 196 g/mol. The van der Waals surface area contributed by atoms with Crippen molar-refractivity contribution < 1.29 is 0 Å². The van der Waals surface area contributed by atoms with Gasteiger partial charge in [0.15, 0.2) is 0 Å². The molecule has 0 amide bonds. The second-order valence-electron chi connectivity index (χ2n) is 5.77. The molecule has 0 spiro atoms. The minimum absolute atomic E-state index is 0.724. The molecule has 2 heteroatoms. The van der Waals surface area contributed by atoms with E-state index in [4.69, 9.17) is 0 Å². The summed E-state index contributed by atoms with van der Waals surface area (Å²) in [5.41, 5.74) is 0. The van der Waals surface area contributed by atoms with Crippen molar-refractivity contribution in [3.8, 4) is 0 Å². The summed E-state index contributed by atoms with van der Waals surface area (Å²) >= 11 is 0. The van der Waals surface area contributed by atoms with Gasteiger partial charge in [0, 0.05) is 18.6 Å². The molecule has 0 aliphatic carbocycles. The van der Waals surface area contributed by atoms with Crippen molar-refractivity contribution in [3.63, 3.8) is 0 Å². The summed E-state index contributed by atoms with van der Waals surface area (Å²) in [4.78, 5) is 2.69. The first kappa shape index (κ1) is 14.0. The van der Waals surface area contributed by atoms with Crippen molar-refractivity contribution in [2.24, 2.45) is 5.92 Å². The zero-order valence-corrected chi connectivity index (χ0v) is 11.6. The van der Waals surface area contributed by atoms with Gasteiger partial charge in [0.2, 0.25) is 0 Å².